The molecule has 0 bridgehead atoms. The highest BCUT2D eigenvalue weighted by Gasteiger charge is 2.62. The lowest BCUT2D eigenvalue weighted by molar-refractivity contribution is -0.209. The Morgan fingerprint density at radius 3 is 2.24 bits per heavy atom. The maximum Gasteiger partial charge on any atom is 0.394 e. The van der Waals surface area contributed by atoms with E-state index in [1.165, 1.54) is 29.0 Å². The molecule has 14 heteroatoms. The summed E-state index contributed by atoms with van der Waals surface area (Å²) in [6.07, 6.45) is -3.05. The van der Waals surface area contributed by atoms with Gasteiger partial charge in [0.05, 0.1) is 17.4 Å². The van der Waals surface area contributed by atoms with Gasteiger partial charge in [0.25, 0.3) is 11.5 Å². The van der Waals surface area contributed by atoms with Gasteiger partial charge in [-0.3, -0.25) is 19.2 Å². The fourth-order valence-electron chi connectivity index (χ4n) is 7.10. The van der Waals surface area contributed by atoms with E-state index in [2.05, 4.69) is 10.6 Å². The number of amides is 2. The van der Waals surface area contributed by atoms with Crippen molar-refractivity contribution < 1.29 is 41.4 Å². The molecule has 1 aromatic heterocycles. The van der Waals surface area contributed by atoms with Crippen LogP contribution in [0.3, 0.4) is 0 Å². The molecule has 3 atom stereocenters. The molecule has 1 unspecified atom stereocenters. The Balaban J connectivity index is 1.39. The fourth-order valence-corrected chi connectivity index (χ4v) is 7.10. The molecule has 5 rings (SSSR count). The first-order valence-corrected chi connectivity index (χ1v) is 16.7. The van der Waals surface area contributed by atoms with Crippen molar-refractivity contribution in [2.45, 2.75) is 71.8 Å². The molecule has 2 amide bonds. The predicted molar refractivity (Wildman–Crippen MR) is 179 cm³/mol. The molecule has 2 aliphatic rings. The van der Waals surface area contributed by atoms with E-state index in [9.17, 15) is 37.5 Å². The molecule has 2 fully saturated rings. The number of aliphatic carboxylic acids is 1. The number of carbonyl (C=O) groups is 3. The van der Waals surface area contributed by atoms with E-state index in [0.717, 1.165) is 22.8 Å². The maximum atomic E-state index is 15.6. The number of nitrogens with zero attached hydrogens (tertiary/aromatic N) is 2. The summed E-state index contributed by atoms with van der Waals surface area (Å²) in [5.41, 5.74) is 0.327. The number of nitrogens with one attached hydrogen (secondary N) is 2. The third kappa shape index (κ3) is 7.85. The Labute approximate surface area is 291 Å². The summed E-state index contributed by atoms with van der Waals surface area (Å²) in [6, 6.07) is 7.56. The molecule has 274 valence electrons. The van der Waals surface area contributed by atoms with Crippen LogP contribution in [0.4, 0.5) is 22.0 Å². The Kier molecular flexibility index (Phi) is 10.5. The van der Waals surface area contributed by atoms with Crippen LogP contribution in [-0.4, -0.2) is 64.2 Å². The van der Waals surface area contributed by atoms with E-state index in [1.54, 1.807) is 18.7 Å². The van der Waals surface area contributed by atoms with Crippen LogP contribution in [0.5, 0.6) is 0 Å². The van der Waals surface area contributed by atoms with E-state index in [0.29, 0.717) is 11.1 Å². The van der Waals surface area contributed by atoms with Crippen LogP contribution < -0.4 is 16.2 Å². The summed E-state index contributed by atoms with van der Waals surface area (Å²) in [4.78, 5) is 54.4. The topological polar surface area (TPSA) is 121 Å². The van der Waals surface area contributed by atoms with Gasteiger partial charge in [-0.1, -0.05) is 31.5 Å². The molecule has 2 aromatic carbocycles. The molecule has 0 spiro atoms. The highest BCUT2D eigenvalue weighted by molar-refractivity contribution is 5.97. The van der Waals surface area contributed by atoms with Crippen molar-refractivity contribution >= 4 is 17.8 Å². The first kappa shape index (κ1) is 37.7. The van der Waals surface area contributed by atoms with E-state index in [4.69, 9.17) is 0 Å². The number of hydrogen-bond acceptors (Lipinski definition) is 5. The van der Waals surface area contributed by atoms with E-state index < -0.39 is 64.6 Å². The predicted octanol–water partition coefficient (Wildman–Crippen LogP) is 5.47. The smallest absolute Gasteiger partial charge is 0.394 e. The number of hydrogen-bond donors (Lipinski definition) is 3. The number of rotatable bonds is 12. The molecule has 1 saturated carbocycles. The number of benzene rings is 2. The van der Waals surface area contributed by atoms with Gasteiger partial charge in [-0.25, -0.2) is 8.78 Å². The zero-order valence-electron chi connectivity index (χ0n) is 29.0. The molecule has 3 N–H and O–H groups in total. The first-order valence-electron chi connectivity index (χ1n) is 16.7. The van der Waals surface area contributed by atoms with Crippen LogP contribution in [0.2, 0.25) is 0 Å². The second-order valence-electron chi connectivity index (χ2n) is 14.2. The number of pyridine rings is 1. The zero-order chi connectivity index (χ0) is 37.6. The maximum absolute atomic E-state index is 15.6. The fraction of sp³-hybridized carbons (Fsp3) is 0.459. The molecular formula is C37H41F5N4O5. The SMILES string of the molecule is Cc1cc(C)c(-c2cc(F)c(F)c(C3(NC(=O)[C@H](CC(C)C)NC(=O)c4cccn(CCN5CC(C(F)(F)F)C5)c4=O)C[C@@H]3C(=O)O)c2)c(C)c1. The first-order chi connectivity index (χ1) is 23.8. The van der Waals surface area contributed by atoms with Gasteiger partial charge in [-0.15, -0.1) is 0 Å². The quantitative estimate of drug-likeness (QED) is 0.214. The van der Waals surface area contributed by atoms with E-state index >= 15 is 8.78 Å². The van der Waals surface area contributed by atoms with Gasteiger partial charge in [-0.2, -0.15) is 13.2 Å². The van der Waals surface area contributed by atoms with Gasteiger partial charge in [0.2, 0.25) is 5.91 Å². The van der Waals surface area contributed by atoms with Gasteiger partial charge >= 0.3 is 12.1 Å². The van der Waals surface area contributed by atoms with Gasteiger partial charge < -0.3 is 25.2 Å². The zero-order valence-corrected chi connectivity index (χ0v) is 29.0. The lowest BCUT2D eigenvalue weighted by Crippen LogP contribution is -2.54. The molecule has 51 heavy (non-hydrogen) atoms. The van der Waals surface area contributed by atoms with Crippen molar-refractivity contribution in [2.75, 3.05) is 19.6 Å². The Morgan fingerprint density at radius 2 is 1.67 bits per heavy atom. The number of likely N-dealkylation sites (tertiary alicyclic amines) is 1. The van der Waals surface area contributed by atoms with E-state index in [1.807, 2.05) is 32.9 Å². The number of carboxylic acids is 1. The number of carboxylic acid groups (broad SMARTS) is 1. The van der Waals surface area contributed by atoms with Crippen LogP contribution in [0.1, 0.15) is 59.3 Å². The summed E-state index contributed by atoms with van der Waals surface area (Å²) in [7, 11) is 0. The number of alkyl halides is 3. The molecule has 0 radical (unpaired) electrons. The third-order valence-corrected chi connectivity index (χ3v) is 9.75. The lowest BCUT2D eigenvalue weighted by atomic mass is 9.90. The highest BCUT2D eigenvalue weighted by Crippen LogP contribution is 2.54. The largest absolute Gasteiger partial charge is 0.481 e. The molecule has 1 aliphatic carbocycles. The van der Waals surface area contributed by atoms with Crippen molar-refractivity contribution in [1.82, 2.24) is 20.1 Å². The van der Waals surface area contributed by atoms with Gasteiger partial charge in [0.1, 0.15) is 11.6 Å². The molecule has 9 nitrogen and oxygen atoms in total. The Morgan fingerprint density at radius 1 is 1.02 bits per heavy atom. The second-order valence-corrected chi connectivity index (χ2v) is 14.2. The monoisotopic (exact) mass is 716 g/mol. The van der Waals surface area contributed by atoms with Crippen molar-refractivity contribution in [3.63, 3.8) is 0 Å². The van der Waals surface area contributed by atoms with Crippen molar-refractivity contribution in [3.05, 3.63) is 92.4 Å². The average Bonchev–Trinajstić information content (AvgIpc) is 3.72. The normalized spacial score (nSPS) is 19.8. The van der Waals surface area contributed by atoms with Gasteiger partial charge in [-0.05, 0) is 86.1 Å². The molecular weight excluding hydrogens is 675 g/mol. The highest BCUT2D eigenvalue weighted by atomic mass is 19.4. The van der Waals surface area contributed by atoms with E-state index in [-0.39, 0.29) is 56.1 Å². The minimum Gasteiger partial charge on any atom is -0.481 e. The summed E-state index contributed by atoms with van der Waals surface area (Å²) in [6.45, 7) is 8.93. The van der Waals surface area contributed by atoms with Crippen LogP contribution in [-0.2, 0) is 21.7 Å². The number of halogens is 5. The van der Waals surface area contributed by atoms with Crippen LogP contribution in [0.15, 0.2) is 47.4 Å². The van der Waals surface area contributed by atoms with Gasteiger partial charge in [0, 0.05) is 37.9 Å². The minimum absolute atomic E-state index is 0.0301. The summed E-state index contributed by atoms with van der Waals surface area (Å²) in [5.74, 6) is -8.48. The Hall–Kier alpha value is -4.59. The summed E-state index contributed by atoms with van der Waals surface area (Å²) < 4.78 is 70.7. The summed E-state index contributed by atoms with van der Waals surface area (Å²) >= 11 is 0. The summed E-state index contributed by atoms with van der Waals surface area (Å²) in [5, 5.41) is 15.2. The Bertz CT molecular complexity index is 1900. The standard InChI is InChI=1S/C37H41F5N4O5/c1-19(2)11-29(43-32(47)25-7-6-8-46(34(25)49)10-9-45-17-24(18-45)37(40,41)42)33(48)44-36(16-27(36)35(50)51)26-14-23(15-28(38)31(26)39)30-21(4)12-20(3)13-22(30)5/h6-8,12-15,19,24,27,29H,9-11,16-18H2,1-5H3,(H,43,47)(H,44,48)(H,50,51)/t27-,29+,36?/m1/s1. The lowest BCUT2D eigenvalue weighted by Gasteiger charge is -2.40. The number of carbonyl (C=O) groups excluding carboxylic acids is 2. The van der Waals surface area contributed by atoms with Crippen molar-refractivity contribution in [2.24, 2.45) is 17.8 Å². The molecule has 1 saturated heterocycles. The average molecular weight is 717 g/mol. The molecule has 2 heterocycles. The number of aromatic nitrogens is 1. The van der Waals surface area contributed by atoms with Crippen molar-refractivity contribution in [1.29, 1.82) is 0 Å². The number of aryl methyl sites for hydroxylation is 3. The van der Waals surface area contributed by atoms with Crippen LogP contribution >= 0.6 is 0 Å². The van der Waals surface area contributed by atoms with Crippen molar-refractivity contribution in [3.8, 4) is 11.1 Å². The minimum atomic E-state index is -4.29. The van der Waals surface area contributed by atoms with Crippen LogP contribution in [0.25, 0.3) is 11.1 Å². The van der Waals surface area contributed by atoms with Gasteiger partial charge in [0.15, 0.2) is 11.6 Å². The second kappa shape index (κ2) is 14.2. The van der Waals surface area contributed by atoms with Crippen LogP contribution in [0, 0.1) is 50.2 Å². The molecule has 3 aromatic rings. The molecule has 1 aliphatic heterocycles. The third-order valence-electron chi connectivity index (χ3n) is 9.75.